The van der Waals surface area contributed by atoms with E-state index in [2.05, 4.69) is 15.5 Å². The van der Waals surface area contributed by atoms with Crippen molar-refractivity contribution in [2.75, 3.05) is 18.2 Å². The van der Waals surface area contributed by atoms with Gasteiger partial charge in [-0.15, -0.1) is 0 Å². The Balaban J connectivity index is 2.11. The maximum absolute atomic E-state index is 5.88. The second kappa shape index (κ2) is 4.78. The van der Waals surface area contributed by atoms with E-state index < -0.39 is 0 Å². The van der Waals surface area contributed by atoms with Gasteiger partial charge in [-0.2, -0.15) is 5.10 Å². The van der Waals surface area contributed by atoms with Gasteiger partial charge in [-0.1, -0.05) is 0 Å². The number of nitrogens with zero attached hydrogens (tertiary/aromatic N) is 1. The topological polar surface area (TPSA) is 76.0 Å². The van der Waals surface area contributed by atoms with Crippen molar-refractivity contribution < 1.29 is 4.74 Å². The molecule has 0 aliphatic carbocycles. The van der Waals surface area contributed by atoms with Crippen LogP contribution in [0.25, 0.3) is 0 Å². The summed E-state index contributed by atoms with van der Waals surface area (Å²) in [6.07, 6.45) is 1.80. The van der Waals surface area contributed by atoms with Crippen molar-refractivity contribution in [1.29, 1.82) is 0 Å². The fourth-order valence-electron chi connectivity index (χ4n) is 1.56. The van der Waals surface area contributed by atoms with Crippen molar-refractivity contribution in [3.05, 3.63) is 35.7 Å². The number of nitrogens with one attached hydrogen (secondary N) is 2. The zero-order valence-corrected chi connectivity index (χ0v) is 9.95. The van der Waals surface area contributed by atoms with Gasteiger partial charge in [-0.25, -0.2) is 0 Å². The molecule has 0 atom stereocenters. The Morgan fingerprint density at radius 1 is 1.47 bits per heavy atom. The molecule has 2 rings (SSSR count). The molecule has 0 unspecified atom stereocenters. The Morgan fingerprint density at radius 3 is 2.94 bits per heavy atom. The first kappa shape index (κ1) is 11.3. The van der Waals surface area contributed by atoms with E-state index >= 15 is 0 Å². The van der Waals surface area contributed by atoms with Crippen LogP contribution in [0.4, 0.5) is 11.4 Å². The highest BCUT2D eigenvalue weighted by atomic mass is 16.5. The summed E-state index contributed by atoms with van der Waals surface area (Å²) < 4.78 is 5.16. The van der Waals surface area contributed by atoms with Crippen LogP contribution in [-0.2, 0) is 6.54 Å². The van der Waals surface area contributed by atoms with Crippen molar-refractivity contribution >= 4 is 11.4 Å². The number of benzene rings is 1. The molecule has 1 aromatic heterocycles. The summed E-state index contributed by atoms with van der Waals surface area (Å²) in [7, 11) is 1.63. The molecular formula is C12H16N4O. The summed E-state index contributed by atoms with van der Waals surface area (Å²) in [4.78, 5) is 0. The number of hydrogen-bond donors (Lipinski definition) is 3. The fraction of sp³-hybridized carbons (Fsp3) is 0.250. The van der Waals surface area contributed by atoms with Gasteiger partial charge in [0.05, 0.1) is 24.7 Å². The number of nitrogens with two attached hydrogens (primary N) is 1. The number of nitrogen functional groups attached to an aromatic ring is 1. The molecule has 2 aromatic rings. The van der Waals surface area contributed by atoms with E-state index in [1.165, 1.54) is 0 Å². The highest BCUT2D eigenvalue weighted by Crippen LogP contribution is 2.24. The average molecular weight is 232 g/mol. The first-order chi connectivity index (χ1) is 8.20. The van der Waals surface area contributed by atoms with Crippen LogP contribution in [0.15, 0.2) is 24.4 Å². The van der Waals surface area contributed by atoms with Gasteiger partial charge < -0.3 is 15.8 Å². The van der Waals surface area contributed by atoms with Gasteiger partial charge in [0, 0.05) is 23.9 Å². The van der Waals surface area contributed by atoms with Gasteiger partial charge in [0.2, 0.25) is 0 Å². The van der Waals surface area contributed by atoms with Crippen LogP contribution >= 0.6 is 0 Å². The predicted molar refractivity (Wildman–Crippen MR) is 68.1 cm³/mol. The van der Waals surface area contributed by atoms with E-state index in [1.807, 2.05) is 25.1 Å². The summed E-state index contributed by atoms with van der Waals surface area (Å²) >= 11 is 0. The zero-order chi connectivity index (χ0) is 12.3. The van der Waals surface area contributed by atoms with Gasteiger partial charge in [0.25, 0.3) is 0 Å². The van der Waals surface area contributed by atoms with Gasteiger partial charge in [-0.3, -0.25) is 5.10 Å². The Labute approximate surface area is 100.0 Å². The SMILES string of the molecule is COc1ccc(N)c(NCc2cn[nH]c2C)c1. The minimum absolute atomic E-state index is 0.680. The quantitative estimate of drug-likeness (QED) is 0.704. The van der Waals surface area contributed by atoms with Crippen LogP contribution in [0.5, 0.6) is 5.75 Å². The monoisotopic (exact) mass is 232 g/mol. The minimum Gasteiger partial charge on any atom is -0.497 e. The molecule has 90 valence electrons. The molecular weight excluding hydrogens is 216 g/mol. The molecule has 0 aliphatic rings. The molecule has 0 saturated heterocycles. The predicted octanol–water partition coefficient (Wildman–Crippen LogP) is 1.92. The molecule has 0 radical (unpaired) electrons. The van der Waals surface area contributed by atoms with Crippen LogP contribution < -0.4 is 15.8 Å². The summed E-state index contributed by atoms with van der Waals surface area (Å²) in [6.45, 7) is 2.67. The Morgan fingerprint density at radius 2 is 2.29 bits per heavy atom. The number of aryl methyl sites for hydroxylation is 1. The van der Waals surface area contributed by atoms with E-state index in [1.54, 1.807) is 13.3 Å². The maximum atomic E-state index is 5.88. The number of aromatic amines is 1. The van der Waals surface area contributed by atoms with Crippen LogP contribution in [0.1, 0.15) is 11.3 Å². The largest absolute Gasteiger partial charge is 0.497 e. The van der Waals surface area contributed by atoms with Gasteiger partial charge in [0.15, 0.2) is 0 Å². The summed E-state index contributed by atoms with van der Waals surface area (Å²) in [5.41, 5.74) is 9.62. The Hall–Kier alpha value is -2.17. The molecule has 0 spiro atoms. The van der Waals surface area contributed by atoms with Crippen molar-refractivity contribution in [2.24, 2.45) is 0 Å². The van der Waals surface area contributed by atoms with E-state index in [9.17, 15) is 0 Å². The number of anilines is 2. The van der Waals surface area contributed by atoms with Crippen molar-refractivity contribution in [3.63, 3.8) is 0 Å². The van der Waals surface area contributed by atoms with Crippen LogP contribution in [0, 0.1) is 6.92 Å². The van der Waals surface area contributed by atoms with E-state index in [4.69, 9.17) is 10.5 Å². The number of aromatic nitrogens is 2. The van der Waals surface area contributed by atoms with Crippen LogP contribution in [-0.4, -0.2) is 17.3 Å². The molecule has 17 heavy (non-hydrogen) atoms. The molecule has 4 N–H and O–H groups in total. The van der Waals surface area contributed by atoms with Gasteiger partial charge in [0.1, 0.15) is 5.75 Å². The minimum atomic E-state index is 0.680. The molecule has 5 nitrogen and oxygen atoms in total. The van der Waals surface area contributed by atoms with Gasteiger partial charge >= 0.3 is 0 Å². The summed E-state index contributed by atoms with van der Waals surface area (Å²) in [6, 6.07) is 5.54. The normalized spacial score (nSPS) is 10.2. The lowest BCUT2D eigenvalue weighted by molar-refractivity contribution is 0.415. The number of hydrogen-bond acceptors (Lipinski definition) is 4. The van der Waals surface area contributed by atoms with E-state index in [0.717, 1.165) is 22.7 Å². The highest BCUT2D eigenvalue weighted by Gasteiger charge is 2.03. The summed E-state index contributed by atoms with van der Waals surface area (Å²) in [5.74, 6) is 0.783. The van der Waals surface area contributed by atoms with Crippen molar-refractivity contribution in [1.82, 2.24) is 10.2 Å². The molecule has 0 bridgehead atoms. The smallest absolute Gasteiger partial charge is 0.121 e. The highest BCUT2D eigenvalue weighted by molar-refractivity contribution is 5.68. The lowest BCUT2D eigenvalue weighted by Gasteiger charge is -2.10. The van der Waals surface area contributed by atoms with E-state index in [0.29, 0.717) is 12.2 Å². The third kappa shape index (κ3) is 2.50. The van der Waals surface area contributed by atoms with Crippen LogP contribution in [0.2, 0.25) is 0 Å². The average Bonchev–Trinajstić information content (AvgIpc) is 2.74. The van der Waals surface area contributed by atoms with E-state index in [-0.39, 0.29) is 0 Å². The second-order valence-corrected chi connectivity index (χ2v) is 3.83. The molecule has 1 aromatic carbocycles. The molecule has 5 heteroatoms. The lowest BCUT2D eigenvalue weighted by atomic mass is 10.2. The number of methoxy groups -OCH3 is 1. The molecule has 0 fully saturated rings. The Kier molecular flexibility index (Phi) is 3.18. The molecule has 0 aliphatic heterocycles. The third-order valence-corrected chi connectivity index (χ3v) is 2.66. The maximum Gasteiger partial charge on any atom is 0.121 e. The number of ether oxygens (including phenoxy) is 1. The standard InChI is InChI=1S/C12H16N4O/c1-8-9(7-15-16-8)6-14-12-5-10(17-2)3-4-11(12)13/h3-5,7,14H,6,13H2,1-2H3,(H,15,16). The molecule has 1 heterocycles. The third-order valence-electron chi connectivity index (χ3n) is 2.66. The number of rotatable bonds is 4. The first-order valence-electron chi connectivity index (χ1n) is 5.37. The second-order valence-electron chi connectivity index (χ2n) is 3.83. The molecule has 0 saturated carbocycles. The number of H-pyrrole nitrogens is 1. The van der Waals surface area contributed by atoms with Crippen LogP contribution in [0.3, 0.4) is 0 Å². The fourth-order valence-corrected chi connectivity index (χ4v) is 1.56. The first-order valence-corrected chi connectivity index (χ1v) is 5.37. The summed E-state index contributed by atoms with van der Waals surface area (Å²) in [5, 5.41) is 10.1. The van der Waals surface area contributed by atoms with Crippen molar-refractivity contribution in [3.8, 4) is 5.75 Å². The lowest BCUT2D eigenvalue weighted by Crippen LogP contribution is -2.03. The van der Waals surface area contributed by atoms with Crippen molar-refractivity contribution in [2.45, 2.75) is 13.5 Å². The zero-order valence-electron chi connectivity index (χ0n) is 9.95. The van der Waals surface area contributed by atoms with Gasteiger partial charge in [-0.05, 0) is 19.1 Å². The molecule has 0 amide bonds. The Bertz CT molecular complexity index is 507.